The van der Waals surface area contributed by atoms with Crippen molar-refractivity contribution in [1.82, 2.24) is 0 Å². The van der Waals surface area contributed by atoms with E-state index in [0.29, 0.717) is 11.8 Å². The molecule has 1 heteroatoms. The molecule has 0 atom stereocenters. The second-order valence-corrected chi connectivity index (χ2v) is 9.57. The van der Waals surface area contributed by atoms with Gasteiger partial charge in [0.25, 0.3) is 0 Å². The zero-order valence-electron chi connectivity index (χ0n) is 19.9. The smallest absolute Gasteiger partial charge is 0.134 e. The monoisotopic (exact) mass is 438 g/mol. The summed E-state index contributed by atoms with van der Waals surface area (Å²) in [6.45, 7) is 5.83. The van der Waals surface area contributed by atoms with E-state index in [1.807, 2.05) is 37.3 Å². The molecule has 0 amide bonds. The lowest BCUT2D eigenvalue weighted by atomic mass is 9.78. The van der Waals surface area contributed by atoms with Gasteiger partial charge in [0.2, 0.25) is 0 Å². The van der Waals surface area contributed by atoms with Crippen molar-refractivity contribution in [2.75, 3.05) is 0 Å². The molecule has 0 saturated heterocycles. The molecule has 1 aliphatic carbocycles. The van der Waals surface area contributed by atoms with Gasteiger partial charge >= 0.3 is 0 Å². The van der Waals surface area contributed by atoms with Crippen LogP contribution in [0.2, 0.25) is 0 Å². The lowest BCUT2D eigenvalue weighted by Gasteiger charge is -2.28. The first-order chi connectivity index (χ1) is 16.2. The third kappa shape index (κ3) is 6.14. The SMILES string of the molecule is C=CCCC1CCC(CCc2ccc(C#Cc3ccc4c(F)c(CC)ccc4c3)cc2)CC1. The first-order valence-electron chi connectivity index (χ1n) is 12.6. The van der Waals surface area contributed by atoms with Crippen molar-refractivity contribution in [3.63, 3.8) is 0 Å². The van der Waals surface area contributed by atoms with E-state index in [-0.39, 0.29) is 5.82 Å². The van der Waals surface area contributed by atoms with Crippen molar-refractivity contribution in [3.8, 4) is 11.8 Å². The summed E-state index contributed by atoms with van der Waals surface area (Å²) in [6.07, 6.45) is 13.3. The number of rotatable bonds is 7. The first kappa shape index (κ1) is 23.3. The van der Waals surface area contributed by atoms with Crippen LogP contribution in [0.15, 0.2) is 67.3 Å². The summed E-state index contributed by atoms with van der Waals surface area (Å²) in [5, 5.41) is 1.58. The Morgan fingerprint density at radius 3 is 2.24 bits per heavy atom. The Morgan fingerprint density at radius 1 is 0.879 bits per heavy atom. The highest BCUT2D eigenvalue weighted by molar-refractivity contribution is 5.85. The van der Waals surface area contributed by atoms with Gasteiger partial charge in [-0.3, -0.25) is 0 Å². The summed E-state index contributed by atoms with van der Waals surface area (Å²) < 4.78 is 14.5. The van der Waals surface area contributed by atoms with Crippen LogP contribution in [0.3, 0.4) is 0 Å². The van der Waals surface area contributed by atoms with Crippen LogP contribution in [0, 0.1) is 29.5 Å². The standard InChI is InChI=1S/C32H35F/c1-3-5-6-24-7-9-25(10-8-24)11-12-26-13-15-27(16-14-26)17-18-28-19-22-31-30(23-28)21-20-29(4-2)32(31)33/h3,13-16,19-25H,1,4-12H2,2H3. The number of aryl methyl sites for hydroxylation is 2. The van der Waals surface area contributed by atoms with Gasteiger partial charge in [-0.05, 0) is 84.7 Å². The molecule has 1 aliphatic rings. The number of fused-ring (bicyclic) bond motifs is 1. The molecule has 0 bridgehead atoms. The topological polar surface area (TPSA) is 0 Å². The third-order valence-electron chi connectivity index (χ3n) is 7.31. The summed E-state index contributed by atoms with van der Waals surface area (Å²) in [7, 11) is 0. The third-order valence-corrected chi connectivity index (χ3v) is 7.31. The molecule has 3 aromatic carbocycles. The fraction of sp³-hybridized carbons (Fsp3) is 0.375. The molecule has 170 valence electrons. The second-order valence-electron chi connectivity index (χ2n) is 9.57. The molecule has 0 unspecified atom stereocenters. The van der Waals surface area contributed by atoms with Crippen LogP contribution in [0.1, 0.15) is 74.1 Å². The van der Waals surface area contributed by atoms with E-state index >= 15 is 0 Å². The number of allylic oxidation sites excluding steroid dienone is 1. The molecule has 0 heterocycles. The predicted octanol–water partition coefficient (Wildman–Crippen LogP) is 8.65. The van der Waals surface area contributed by atoms with Crippen LogP contribution in [0.5, 0.6) is 0 Å². The first-order valence-corrected chi connectivity index (χ1v) is 12.6. The number of hydrogen-bond donors (Lipinski definition) is 0. The van der Waals surface area contributed by atoms with Gasteiger partial charge in [0.15, 0.2) is 0 Å². The fourth-order valence-corrected chi connectivity index (χ4v) is 5.12. The maximum absolute atomic E-state index is 14.5. The van der Waals surface area contributed by atoms with Crippen molar-refractivity contribution in [1.29, 1.82) is 0 Å². The van der Waals surface area contributed by atoms with E-state index in [2.05, 4.69) is 48.8 Å². The van der Waals surface area contributed by atoms with Crippen LogP contribution < -0.4 is 0 Å². The molecular formula is C32H35F. The molecule has 0 aliphatic heterocycles. The maximum Gasteiger partial charge on any atom is 0.134 e. The van der Waals surface area contributed by atoms with Crippen molar-refractivity contribution < 1.29 is 4.39 Å². The normalized spacial score (nSPS) is 18.0. The van der Waals surface area contributed by atoms with E-state index in [9.17, 15) is 4.39 Å². The van der Waals surface area contributed by atoms with Crippen LogP contribution in [0.25, 0.3) is 10.8 Å². The lowest BCUT2D eigenvalue weighted by molar-refractivity contribution is 0.254. The minimum atomic E-state index is -0.106. The average molecular weight is 439 g/mol. The van der Waals surface area contributed by atoms with Crippen LogP contribution >= 0.6 is 0 Å². The summed E-state index contributed by atoms with van der Waals surface area (Å²) in [5.74, 6) is 8.21. The average Bonchev–Trinajstić information content (AvgIpc) is 2.86. The second kappa shape index (κ2) is 11.3. The van der Waals surface area contributed by atoms with Crippen molar-refractivity contribution >= 4 is 10.8 Å². The van der Waals surface area contributed by atoms with Crippen LogP contribution in [-0.2, 0) is 12.8 Å². The van der Waals surface area contributed by atoms with Crippen LogP contribution in [0.4, 0.5) is 4.39 Å². The Bertz CT molecular complexity index is 1130. The molecule has 33 heavy (non-hydrogen) atoms. The largest absolute Gasteiger partial charge is 0.206 e. The van der Waals surface area contributed by atoms with Gasteiger partial charge in [0.05, 0.1) is 0 Å². The fourth-order valence-electron chi connectivity index (χ4n) is 5.12. The minimum absolute atomic E-state index is 0.106. The number of hydrogen-bond acceptors (Lipinski definition) is 0. The van der Waals surface area contributed by atoms with Gasteiger partial charge in [-0.15, -0.1) is 6.58 Å². The van der Waals surface area contributed by atoms with Gasteiger partial charge < -0.3 is 0 Å². The van der Waals surface area contributed by atoms with E-state index in [0.717, 1.165) is 40.3 Å². The highest BCUT2D eigenvalue weighted by Crippen LogP contribution is 2.34. The van der Waals surface area contributed by atoms with Gasteiger partial charge in [-0.1, -0.05) is 80.9 Å². The highest BCUT2D eigenvalue weighted by atomic mass is 19.1. The summed E-state index contributed by atoms with van der Waals surface area (Å²) in [5.41, 5.74) is 4.10. The molecule has 4 rings (SSSR count). The molecule has 0 aromatic heterocycles. The lowest BCUT2D eigenvalue weighted by Crippen LogP contribution is -2.15. The Kier molecular flexibility index (Phi) is 8.01. The number of benzene rings is 3. The molecular weight excluding hydrogens is 403 g/mol. The maximum atomic E-state index is 14.5. The molecule has 1 fully saturated rings. The molecule has 1 saturated carbocycles. The molecule has 0 spiro atoms. The highest BCUT2D eigenvalue weighted by Gasteiger charge is 2.20. The van der Waals surface area contributed by atoms with E-state index in [1.165, 1.54) is 50.5 Å². The Hall–Kier alpha value is -2.85. The van der Waals surface area contributed by atoms with Gasteiger partial charge in [-0.2, -0.15) is 0 Å². The zero-order valence-corrected chi connectivity index (χ0v) is 19.9. The Morgan fingerprint density at radius 2 is 1.55 bits per heavy atom. The van der Waals surface area contributed by atoms with Gasteiger partial charge in [-0.25, -0.2) is 4.39 Å². The van der Waals surface area contributed by atoms with Crippen molar-refractivity contribution in [2.24, 2.45) is 11.8 Å². The summed E-state index contributed by atoms with van der Waals surface area (Å²) in [6, 6.07) is 18.3. The summed E-state index contributed by atoms with van der Waals surface area (Å²) in [4.78, 5) is 0. The molecule has 0 radical (unpaired) electrons. The minimum Gasteiger partial charge on any atom is -0.206 e. The van der Waals surface area contributed by atoms with Crippen molar-refractivity contribution in [3.05, 3.63) is 95.3 Å². The molecule has 0 nitrogen and oxygen atoms in total. The van der Waals surface area contributed by atoms with E-state index in [4.69, 9.17) is 0 Å². The Labute approximate surface area is 198 Å². The zero-order chi connectivity index (χ0) is 23.0. The molecule has 3 aromatic rings. The summed E-state index contributed by atoms with van der Waals surface area (Å²) >= 11 is 0. The van der Waals surface area contributed by atoms with Gasteiger partial charge in [0.1, 0.15) is 5.82 Å². The van der Waals surface area contributed by atoms with Gasteiger partial charge in [0, 0.05) is 16.5 Å². The predicted molar refractivity (Wildman–Crippen MR) is 139 cm³/mol. The Balaban J connectivity index is 1.32. The molecule has 0 N–H and O–H groups in total. The quantitative estimate of drug-likeness (QED) is 0.256. The van der Waals surface area contributed by atoms with E-state index < -0.39 is 0 Å². The van der Waals surface area contributed by atoms with Crippen LogP contribution in [-0.4, -0.2) is 0 Å². The van der Waals surface area contributed by atoms with Crippen molar-refractivity contribution in [2.45, 2.75) is 64.7 Å². The number of halogens is 1. The van der Waals surface area contributed by atoms with E-state index in [1.54, 1.807) is 0 Å².